The summed E-state index contributed by atoms with van der Waals surface area (Å²) in [6.07, 6.45) is 49.0. The lowest BCUT2D eigenvalue weighted by Gasteiger charge is -2.18. The molecule has 0 aromatic heterocycles. The SMILES string of the molecule is CCCCCC/C=C\CCCCCCCCCC(=O)OCC(COC(=O)CCCCCCCCCCCC)OC(=O)CCCCCCCCCCCCCCC. The molecule has 0 heterocycles. The molecule has 0 amide bonds. The first-order chi connectivity index (χ1) is 27.5. The highest BCUT2D eigenvalue weighted by molar-refractivity contribution is 5.71. The molecule has 0 aliphatic carbocycles. The maximum Gasteiger partial charge on any atom is 0.306 e. The van der Waals surface area contributed by atoms with Crippen LogP contribution in [0.2, 0.25) is 0 Å². The molecule has 0 aliphatic rings. The van der Waals surface area contributed by atoms with E-state index in [1.165, 1.54) is 173 Å². The Hall–Kier alpha value is -1.85. The predicted octanol–water partition coefficient (Wildman–Crippen LogP) is 15.8. The molecular weight excluding hydrogens is 697 g/mol. The van der Waals surface area contributed by atoms with E-state index < -0.39 is 6.10 Å². The second kappa shape index (κ2) is 45.8. The third-order valence-electron chi connectivity index (χ3n) is 11.0. The van der Waals surface area contributed by atoms with Crippen LogP contribution in [0.15, 0.2) is 12.2 Å². The number of ether oxygens (including phenoxy) is 3. The number of esters is 3. The van der Waals surface area contributed by atoms with Gasteiger partial charge in [-0.1, -0.05) is 219 Å². The van der Waals surface area contributed by atoms with E-state index in [0.717, 1.165) is 57.8 Å². The second-order valence-corrected chi connectivity index (χ2v) is 16.7. The molecule has 0 rings (SSSR count). The number of rotatable bonds is 45. The van der Waals surface area contributed by atoms with Gasteiger partial charge in [-0.05, 0) is 44.9 Å². The van der Waals surface area contributed by atoms with Gasteiger partial charge in [0.15, 0.2) is 6.10 Å². The van der Waals surface area contributed by atoms with Crippen molar-refractivity contribution in [2.45, 2.75) is 277 Å². The van der Waals surface area contributed by atoms with Crippen LogP contribution in [-0.4, -0.2) is 37.2 Å². The Morgan fingerprint density at radius 1 is 0.339 bits per heavy atom. The summed E-state index contributed by atoms with van der Waals surface area (Å²) in [5.74, 6) is -0.860. The second-order valence-electron chi connectivity index (χ2n) is 16.7. The van der Waals surface area contributed by atoms with Crippen LogP contribution in [0.3, 0.4) is 0 Å². The minimum atomic E-state index is -0.763. The molecule has 1 atom stereocenters. The van der Waals surface area contributed by atoms with E-state index in [-0.39, 0.29) is 31.1 Å². The molecule has 0 spiro atoms. The van der Waals surface area contributed by atoms with E-state index in [1.807, 2.05) is 0 Å². The average Bonchev–Trinajstić information content (AvgIpc) is 3.19. The molecule has 6 nitrogen and oxygen atoms in total. The molecule has 0 aliphatic heterocycles. The maximum absolute atomic E-state index is 12.7. The largest absolute Gasteiger partial charge is 0.462 e. The zero-order valence-electron chi connectivity index (χ0n) is 37.7. The van der Waals surface area contributed by atoms with Crippen LogP contribution < -0.4 is 0 Å². The van der Waals surface area contributed by atoms with Gasteiger partial charge in [0, 0.05) is 19.3 Å². The first kappa shape index (κ1) is 54.2. The van der Waals surface area contributed by atoms with Gasteiger partial charge in [-0.2, -0.15) is 0 Å². The lowest BCUT2D eigenvalue weighted by atomic mass is 10.0. The molecule has 56 heavy (non-hydrogen) atoms. The first-order valence-electron chi connectivity index (χ1n) is 24.7. The van der Waals surface area contributed by atoms with Gasteiger partial charge in [-0.25, -0.2) is 0 Å². The molecule has 0 fully saturated rings. The first-order valence-corrected chi connectivity index (χ1v) is 24.7. The highest BCUT2D eigenvalue weighted by Gasteiger charge is 2.19. The number of carbonyl (C=O) groups is 3. The molecule has 0 N–H and O–H groups in total. The zero-order valence-corrected chi connectivity index (χ0v) is 37.7. The predicted molar refractivity (Wildman–Crippen MR) is 238 cm³/mol. The third kappa shape index (κ3) is 43.3. The van der Waals surface area contributed by atoms with Gasteiger partial charge in [0.2, 0.25) is 0 Å². The lowest BCUT2D eigenvalue weighted by molar-refractivity contribution is -0.167. The van der Waals surface area contributed by atoms with E-state index in [2.05, 4.69) is 32.9 Å². The van der Waals surface area contributed by atoms with Crippen LogP contribution in [0.4, 0.5) is 0 Å². The van der Waals surface area contributed by atoms with Crippen LogP contribution in [0, 0.1) is 0 Å². The fourth-order valence-electron chi connectivity index (χ4n) is 7.26. The Morgan fingerprint density at radius 3 is 0.911 bits per heavy atom. The summed E-state index contributed by atoms with van der Waals surface area (Å²) in [7, 11) is 0. The Balaban J connectivity index is 4.31. The highest BCUT2D eigenvalue weighted by Crippen LogP contribution is 2.16. The summed E-state index contributed by atoms with van der Waals surface area (Å²) in [6.45, 7) is 6.63. The summed E-state index contributed by atoms with van der Waals surface area (Å²) in [6, 6.07) is 0. The van der Waals surface area contributed by atoms with E-state index in [0.29, 0.717) is 19.3 Å². The van der Waals surface area contributed by atoms with Crippen molar-refractivity contribution < 1.29 is 28.6 Å². The maximum atomic E-state index is 12.7. The Morgan fingerprint density at radius 2 is 0.589 bits per heavy atom. The Labute approximate surface area is 348 Å². The van der Waals surface area contributed by atoms with Gasteiger partial charge in [0.25, 0.3) is 0 Å². The smallest absolute Gasteiger partial charge is 0.306 e. The summed E-state index contributed by atoms with van der Waals surface area (Å²) in [5.41, 5.74) is 0. The van der Waals surface area contributed by atoms with Crippen LogP contribution in [0.5, 0.6) is 0 Å². The molecule has 0 saturated heterocycles. The quantitative estimate of drug-likeness (QED) is 0.0264. The van der Waals surface area contributed by atoms with Gasteiger partial charge < -0.3 is 14.2 Å². The fraction of sp³-hybridized carbons (Fsp3) is 0.900. The van der Waals surface area contributed by atoms with Crippen molar-refractivity contribution in [1.82, 2.24) is 0 Å². The van der Waals surface area contributed by atoms with Crippen molar-refractivity contribution in [2.75, 3.05) is 13.2 Å². The van der Waals surface area contributed by atoms with E-state index in [4.69, 9.17) is 14.2 Å². The molecule has 0 saturated carbocycles. The average molecular weight is 791 g/mol. The zero-order chi connectivity index (χ0) is 40.8. The number of allylic oxidation sites excluding steroid dienone is 2. The van der Waals surface area contributed by atoms with Crippen LogP contribution in [0.1, 0.15) is 271 Å². The van der Waals surface area contributed by atoms with E-state index in [9.17, 15) is 14.4 Å². The number of hydrogen-bond acceptors (Lipinski definition) is 6. The summed E-state index contributed by atoms with van der Waals surface area (Å²) in [4.78, 5) is 37.8. The number of hydrogen-bond donors (Lipinski definition) is 0. The Bertz CT molecular complexity index is 870. The molecule has 6 heteroatoms. The molecule has 0 aromatic rings. The summed E-state index contributed by atoms with van der Waals surface area (Å²) < 4.78 is 16.7. The normalized spacial score (nSPS) is 12.0. The number of unbranched alkanes of at least 4 members (excludes halogenated alkanes) is 32. The monoisotopic (exact) mass is 791 g/mol. The van der Waals surface area contributed by atoms with Crippen LogP contribution in [0.25, 0.3) is 0 Å². The van der Waals surface area contributed by atoms with Crippen LogP contribution in [-0.2, 0) is 28.6 Å². The molecule has 1 unspecified atom stereocenters. The third-order valence-corrected chi connectivity index (χ3v) is 11.0. The highest BCUT2D eigenvalue weighted by atomic mass is 16.6. The van der Waals surface area contributed by atoms with Gasteiger partial charge in [-0.3, -0.25) is 14.4 Å². The van der Waals surface area contributed by atoms with E-state index in [1.54, 1.807) is 0 Å². The molecule has 0 radical (unpaired) electrons. The number of carbonyl (C=O) groups excluding carboxylic acids is 3. The molecular formula is C50H94O6. The topological polar surface area (TPSA) is 78.9 Å². The van der Waals surface area contributed by atoms with Crippen molar-refractivity contribution in [3.63, 3.8) is 0 Å². The molecule has 0 bridgehead atoms. The fourth-order valence-corrected chi connectivity index (χ4v) is 7.26. The minimum Gasteiger partial charge on any atom is -0.462 e. The minimum absolute atomic E-state index is 0.0665. The van der Waals surface area contributed by atoms with Gasteiger partial charge in [0.1, 0.15) is 13.2 Å². The lowest BCUT2D eigenvalue weighted by Crippen LogP contribution is -2.30. The van der Waals surface area contributed by atoms with Crippen molar-refractivity contribution >= 4 is 17.9 Å². The van der Waals surface area contributed by atoms with Gasteiger partial charge >= 0.3 is 17.9 Å². The summed E-state index contributed by atoms with van der Waals surface area (Å²) in [5, 5.41) is 0. The van der Waals surface area contributed by atoms with Crippen molar-refractivity contribution in [3.05, 3.63) is 12.2 Å². The summed E-state index contributed by atoms with van der Waals surface area (Å²) >= 11 is 0. The van der Waals surface area contributed by atoms with Crippen molar-refractivity contribution in [3.8, 4) is 0 Å². The van der Waals surface area contributed by atoms with Crippen molar-refractivity contribution in [2.24, 2.45) is 0 Å². The van der Waals surface area contributed by atoms with Crippen molar-refractivity contribution in [1.29, 1.82) is 0 Å². The van der Waals surface area contributed by atoms with E-state index >= 15 is 0 Å². The standard InChI is InChI=1S/C50H94O6/c1-4-7-10-13-16-19-22-24-25-27-28-31-34-37-40-43-49(52)55-46-47(45-54-48(51)42-39-36-33-30-21-18-15-12-9-6-3)56-50(53)44-41-38-35-32-29-26-23-20-17-14-11-8-5-2/h19,22,47H,4-18,20-21,23-46H2,1-3H3/b22-19-. The van der Waals surface area contributed by atoms with Gasteiger partial charge in [-0.15, -0.1) is 0 Å². The van der Waals surface area contributed by atoms with Crippen LogP contribution >= 0.6 is 0 Å². The molecule has 0 aromatic carbocycles. The Kier molecular flexibility index (Phi) is 44.3. The molecule has 330 valence electrons. The van der Waals surface area contributed by atoms with Gasteiger partial charge in [0.05, 0.1) is 0 Å².